The van der Waals surface area contributed by atoms with Gasteiger partial charge in [0.1, 0.15) is 5.75 Å². The van der Waals surface area contributed by atoms with Gasteiger partial charge in [-0.1, -0.05) is 32.2 Å². The molecule has 0 atom stereocenters. The molecule has 0 aromatic heterocycles. The van der Waals surface area contributed by atoms with Gasteiger partial charge in [0.15, 0.2) is 0 Å². The molecule has 0 aliphatic rings. The average molecular weight is 567 g/mol. The lowest BCUT2D eigenvalue weighted by atomic mass is 9.99. The Labute approximate surface area is 238 Å². The van der Waals surface area contributed by atoms with Crippen LogP contribution in [0.2, 0.25) is 0 Å². The monoisotopic (exact) mass is 566 g/mol. The molecule has 0 saturated carbocycles. The van der Waals surface area contributed by atoms with Crippen LogP contribution in [-0.4, -0.2) is 56.3 Å². The van der Waals surface area contributed by atoms with Gasteiger partial charge in [-0.2, -0.15) is 0 Å². The smallest absolute Gasteiger partial charge is 0.338 e. The molecular formula is C31H34O10. The number of esters is 5. The van der Waals surface area contributed by atoms with Gasteiger partial charge in [0.25, 0.3) is 0 Å². The molecule has 2 aromatic carbocycles. The predicted octanol–water partition coefficient (Wildman–Crippen LogP) is 5.00. The Hall–Kier alpha value is -4.73. The highest BCUT2D eigenvalue weighted by atomic mass is 16.6. The topological polar surface area (TPSA) is 132 Å². The summed E-state index contributed by atoms with van der Waals surface area (Å²) in [5.74, 6) is -2.51. The Kier molecular flexibility index (Phi) is 13.0. The summed E-state index contributed by atoms with van der Waals surface area (Å²) in [4.78, 5) is 60.2. The fraction of sp³-hybridized carbons (Fsp3) is 0.323. The second kappa shape index (κ2) is 16.4. The molecule has 0 aliphatic carbocycles. The number of hydrogen-bond donors (Lipinski definition) is 0. The summed E-state index contributed by atoms with van der Waals surface area (Å²) in [6.07, 6.45) is 0.834. The number of hydrogen-bond acceptors (Lipinski definition) is 10. The van der Waals surface area contributed by atoms with Crippen LogP contribution in [-0.2, 0) is 33.3 Å². The highest BCUT2D eigenvalue weighted by Gasteiger charge is 2.17. The highest BCUT2D eigenvalue weighted by Crippen LogP contribution is 2.26. The van der Waals surface area contributed by atoms with E-state index in [2.05, 4.69) is 13.2 Å². The largest absolute Gasteiger partial charge is 0.466 e. The van der Waals surface area contributed by atoms with Crippen molar-refractivity contribution in [1.82, 2.24) is 0 Å². The minimum atomic E-state index is -0.689. The maximum Gasteiger partial charge on any atom is 0.338 e. The molecule has 41 heavy (non-hydrogen) atoms. The van der Waals surface area contributed by atoms with Crippen molar-refractivity contribution < 1.29 is 47.7 Å². The Bertz CT molecular complexity index is 1290. The van der Waals surface area contributed by atoms with E-state index in [1.54, 1.807) is 43.3 Å². The van der Waals surface area contributed by atoms with E-state index in [1.807, 2.05) is 0 Å². The van der Waals surface area contributed by atoms with Gasteiger partial charge in [-0.05, 0) is 55.3 Å². The molecule has 0 aliphatic heterocycles. The first-order chi connectivity index (χ1) is 19.5. The van der Waals surface area contributed by atoms with Gasteiger partial charge >= 0.3 is 29.8 Å². The Morgan fingerprint density at radius 3 is 1.61 bits per heavy atom. The van der Waals surface area contributed by atoms with Gasteiger partial charge in [-0.3, -0.25) is 4.79 Å². The van der Waals surface area contributed by atoms with Crippen molar-refractivity contribution in [2.24, 2.45) is 0 Å². The highest BCUT2D eigenvalue weighted by molar-refractivity contribution is 5.97. The molecule has 2 aromatic rings. The number of carbonyl (C=O) groups excluding carboxylic acids is 5. The first kappa shape index (κ1) is 32.5. The van der Waals surface area contributed by atoms with E-state index in [0.29, 0.717) is 23.3 Å². The molecule has 0 saturated heterocycles. The fourth-order valence-electron chi connectivity index (χ4n) is 3.13. The number of benzene rings is 2. The van der Waals surface area contributed by atoms with E-state index in [9.17, 15) is 24.0 Å². The molecule has 10 nitrogen and oxygen atoms in total. The number of ether oxygens (including phenoxy) is 5. The maximum atomic E-state index is 12.8. The van der Waals surface area contributed by atoms with E-state index >= 15 is 0 Å². The number of carbonyl (C=O) groups is 5. The van der Waals surface area contributed by atoms with Gasteiger partial charge in [0.2, 0.25) is 0 Å². The number of rotatable bonds is 15. The predicted molar refractivity (Wildman–Crippen MR) is 149 cm³/mol. The van der Waals surface area contributed by atoms with E-state index in [0.717, 1.165) is 0 Å². The molecule has 0 amide bonds. The van der Waals surface area contributed by atoms with Crippen molar-refractivity contribution in [2.75, 3.05) is 26.4 Å². The van der Waals surface area contributed by atoms with Crippen LogP contribution in [0, 0.1) is 0 Å². The van der Waals surface area contributed by atoms with Gasteiger partial charge in [0, 0.05) is 30.4 Å². The van der Waals surface area contributed by atoms with E-state index in [4.69, 9.17) is 23.7 Å². The summed E-state index contributed by atoms with van der Waals surface area (Å²) in [5.41, 5.74) is 1.86. The zero-order valence-corrected chi connectivity index (χ0v) is 23.5. The molecule has 0 spiro atoms. The third kappa shape index (κ3) is 11.1. The molecule has 218 valence electrons. The van der Waals surface area contributed by atoms with Crippen molar-refractivity contribution in [1.29, 1.82) is 0 Å². The van der Waals surface area contributed by atoms with Crippen LogP contribution in [0.25, 0.3) is 11.1 Å². The van der Waals surface area contributed by atoms with Crippen molar-refractivity contribution in [3.8, 4) is 16.9 Å². The lowest BCUT2D eigenvalue weighted by molar-refractivity contribution is -0.143. The van der Waals surface area contributed by atoms with Gasteiger partial charge in [-0.25, -0.2) is 19.2 Å². The molecule has 0 unspecified atom stereocenters. The van der Waals surface area contributed by atoms with E-state index in [1.165, 1.54) is 19.9 Å². The van der Waals surface area contributed by atoms with Crippen LogP contribution >= 0.6 is 0 Å². The molecule has 0 N–H and O–H groups in total. The van der Waals surface area contributed by atoms with Gasteiger partial charge < -0.3 is 23.7 Å². The summed E-state index contributed by atoms with van der Waals surface area (Å²) in [6, 6.07) is 10.9. The molecule has 0 fully saturated rings. The molecule has 10 heteroatoms. The quantitative estimate of drug-likeness (QED) is 0.0954. The SMILES string of the molecule is C=C(C)C(=O)OCCCOC(=O)c1cc(C(=O)OCCCOC(=O)CC)cc(-c2ccc(OC(=O)C(=C)C)cc2)c1. The summed E-state index contributed by atoms with van der Waals surface area (Å²) >= 11 is 0. The van der Waals surface area contributed by atoms with Gasteiger partial charge in [-0.15, -0.1) is 0 Å². The fourth-order valence-corrected chi connectivity index (χ4v) is 3.13. The van der Waals surface area contributed by atoms with Crippen LogP contribution in [0.1, 0.15) is 60.7 Å². The molecule has 0 heterocycles. The van der Waals surface area contributed by atoms with Gasteiger partial charge in [0.05, 0.1) is 37.6 Å². The first-order valence-electron chi connectivity index (χ1n) is 13.0. The van der Waals surface area contributed by atoms with Crippen molar-refractivity contribution >= 4 is 29.8 Å². The zero-order valence-electron chi connectivity index (χ0n) is 23.5. The van der Waals surface area contributed by atoms with Crippen LogP contribution in [0.4, 0.5) is 0 Å². The van der Waals surface area contributed by atoms with Crippen molar-refractivity contribution in [3.63, 3.8) is 0 Å². The molecular weight excluding hydrogens is 532 g/mol. The summed E-state index contributed by atoms with van der Waals surface area (Å²) in [6.45, 7) is 11.9. The zero-order chi connectivity index (χ0) is 30.4. The first-order valence-corrected chi connectivity index (χ1v) is 13.0. The van der Waals surface area contributed by atoms with Crippen LogP contribution in [0.5, 0.6) is 5.75 Å². The van der Waals surface area contributed by atoms with E-state index < -0.39 is 23.9 Å². The third-order valence-electron chi connectivity index (χ3n) is 5.33. The van der Waals surface area contributed by atoms with Crippen LogP contribution < -0.4 is 4.74 Å². The third-order valence-corrected chi connectivity index (χ3v) is 5.33. The standard InChI is InChI=1S/C31H34O10/c1-6-27(32)37-13-7-15-39-30(35)24-17-23(22-9-11-26(12-10-22)41-29(34)21(4)5)18-25(19-24)31(36)40-16-8-14-38-28(33)20(2)3/h9-12,17-19H,2,4,6-8,13-16H2,1,3,5H3. The second-order valence-corrected chi connectivity index (χ2v) is 8.96. The minimum Gasteiger partial charge on any atom is -0.466 e. The Morgan fingerprint density at radius 2 is 1.12 bits per heavy atom. The maximum absolute atomic E-state index is 12.8. The minimum absolute atomic E-state index is 0.00548. The average Bonchev–Trinajstić information content (AvgIpc) is 2.96. The Balaban J connectivity index is 2.17. The van der Waals surface area contributed by atoms with Crippen molar-refractivity contribution in [3.05, 3.63) is 77.9 Å². The summed E-state index contributed by atoms with van der Waals surface area (Å²) in [7, 11) is 0. The lowest BCUT2D eigenvalue weighted by Gasteiger charge is -2.12. The summed E-state index contributed by atoms with van der Waals surface area (Å²) in [5, 5.41) is 0. The lowest BCUT2D eigenvalue weighted by Crippen LogP contribution is -2.13. The molecule has 2 rings (SSSR count). The Morgan fingerprint density at radius 1 is 0.634 bits per heavy atom. The van der Waals surface area contributed by atoms with Crippen LogP contribution in [0.15, 0.2) is 66.8 Å². The molecule has 0 bridgehead atoms. The normalized spacial score (nSPS) is 10.2. The van der Waals surface area contributed by atoms with E-state index in [-0.39, 0.29) is 67.5 Å². The second-order valence-electron chi connectivity index (χ2n) is 8.96. The van der Waals surface area contributed by atoms with Crippen molar-refractivity contribution in [2.45, 2.75) is 40.0 Å². The van der Waals surface area contributed by atoms with Crippen LogP contribution in [0.3, 0.4) is 0 Å². The summed E-state index contributed by atoms with van der Waals surface area (Å²) < 4.78 is 25.8. The molecule has 0 radical (unpaired) electrons.